The molecule has 83 heavy (non-hydrogen) atoms. The summed E-state index contributed by atoms with van der Waals surface area (Å²) in [4.78, 5) is 13.2. The van der Waals surface area contributed by atoms with Crippen molar-refractivity contribution in [2.75, 3.05) is 13.2 Å². The number of carbonyl (C=O) groups excluding carboxylic acids is 1. The summed E-state index contributed by atoms with van der Waals surface area (Å²) >= 11 is 0. The van der Waals surface area contributed by atoms with Gasteiger partial charge >= 0.3 is 10.4 Å². The van der Waals surface area contributed by atoms with Gasteiger partial charge in [-0.2, -0.15) is 8.42 Å². The van der Waals surface area contributed by atoms with Crippen molar-refractivity contribution < 1.29 is 51.8 Å². The summed E-state index contributed by atoms with van der Waals surface area (Å²) in [7, 11) is -5.09. The first-order chi connectivity index (χ1) is 40.5. The third kappa shape index (κ3) is 51.0. The molecule has 1 saturated heterocycles. The van der Waals surface area contributed by atoms with Crippen LogP contribution in [-0.4, -0.2) is 95.4 Å². The molecule has 7 unspecified atom stereocenters. The lowest BCUT2D eigenvalue weighted by molar-refractivity contribution is -0.298. The van der Waals surface area contributed by atoms with Crippen LogP contribution in [0.15, 0.2) is 36.5 Å². The highest BCUT2D eigenvalue weighted by molar-refractivity contribution is 7.80. The molecule has 0 aromatic rings. The van der Waals surface area contributed by atoms with Gasteiger partial charge in [0.2, 0.25) is 5.91 Å². The molecule has 490 valence electrons. The Kier molecular flexibility index (Phi) is 56.7. The summed E-state index contributed by atoms with van der Waals surface area (Å²) in [6.45, 7) is 3.46. The van der Waals surface area contributed by atoms with Gasteiger partial charge in [0, 0.05) is 6.42 Å². The number of allylic oxidation sites excluding steroid dienone is 5. The number of aliphatic hydroxyl groups is 4. The van der Waals surface area contributed by atoms with E-state index in [0.717, 1.165) is 44.9 Å². The minimum Gasteiger partial charge on any atom is -0.394 e. The van der Waals surface area contributed by atoms with Crippen LogP contribution >= 0.6 is 0 Å². The number of rotatable bonds is 63. The normalized spacial score (nSPS) is 18.6. The van der Waals surface area contributed by atoms with Crippen molar-refractivity contribution in [3.8, 4) is 0 Å². The first-order valence-electron chi connectivity index (χ1n) is 35.4. The molecule has 13 heteroatoms. The molecule has 0 spiro atoms. The Hall–Kier alpha value is -1.68. The summed E-state index contributed by atoms with van der Waals surface area (Å²) in [6, 6.07) is -0.946. The maximum Gasteiger partial charge on any atom is 0.397 e. The largest absolute Gasteiger partial charge is 0.397 e. The topological polar surface area (TPSA) is 192 Å². The van der Waals surface area contributed by atoms with Crippen LogP contribution in [0, 0.1) is 0 Å². The molecule has 1 rings (SSSR count). The molecule has 1 fully saturated rings. The molecule has 0 aromatic carbocycles. The lowest BCUT2D eigenvalue weighted by atomic mass is 9.99. The van der Waals surface area contributed by atoms with Crippen molar-refractivity contribution in [1.29, 1.82) is 0 Å². The summed E-state index contributed by atoms with van der Waals surface area (Å²) in [5.74, 6) is -0.257. The van der Waals surface area contributed by atoms with Crippen LogP contribution in [0.3, 0.4) is 0 Å². The Labute approximate surface area is 511 Å². The van der Waals surface area contributed by atoms with E-state index in [4.69, 9.17) is 9.47 Å². The van der Waals surface area contributed by atoms with Gasteiger partial charge in [-0.15, -0.1) is 0 Å². The summed E-state index contributed by atoms with van der Waals surface area (Å²) < 4.78 is 48.1. The van der Waals surface area contributed by atoms with Crippen LogP contribution in [-0.2, 0) is 28.9 Å². The highest BCUT2D eigenvalue weighted by Gasteiger charge is 2.48. The second-order valence-electron chi connectivity index (χ2n) is 24.8. The molecule has 0 radical (unpaired) electrons. The van der Waals surface area contributed by atoms with Gasteiger partial charge in [-0.1, -0.05) is 326 Å². The van der Waals surface area contributed by atoms with Crippen molar-refractivity contribution in [2.24, 2.45) is 0 Å². The molecule has 0 aliphatic carbocycles. The first-order valence-corrected chi connectivity index (χ1v) is 36.7. The number of unbranched alkanes of at least 4 members (excludes halogenated alkanes) is 47. The Morgan fingerprint density at radius 3 is 1.14 bits per heavy atom. The van der Waals surface area contributed by atoms with E-state index in [2.05, 4.69) is 47.7 Å². The summed E-state index contributed by atoms with van der Waals surface area (Å²) in [5.41, 5.74) is 0. The number of carbonyl (C=O) groups is 1. The molecular formula is C70H133NO11S. The predicted octanol–water partition coefficient (Wildman–Crippen LogP) is 18.5. The highest BCUT2D eigenvalue weighted by atomic mass is 32.3. The van der Waals surface area contributed by atoms with Gasteiger partial charge in [-0.05, 0) is 51.4 Å². The zero-order valence-corrected chi connectivity index (χ0v) is 54.6. The van der Waals surface area contributed by atoms with Crippen LogP contribution in [0.4, 0.5) is 0 Å². The Balaban J connectivity index is 2.25. The molecular weight excluding hydrogens is 1060 g/mol. The van der Waals surface area contributed by atoms with E-state index in [1.54, 1.807) is 6.08 Å². The molecule has 1 aliphatic heterocycles. The van der Waals surface area contributed by atoms with Crippen molar-refractivity contribution in [1.82, 2.24) is 5.32 Å². The number of hydrogen-bond acceptors (Lipinski definition) is 10. The fourth-order valence-corrected chi connectivity index (χ4v) is 12.0. The van der Waals surface area contributed by atoms with E-state index >= 15 is 0 Å². The van der Waals surface area contributed by atoms with Gasteiger partial charge in [0.1, 0.15) is 24.4 Å². The SMILES string of the molecule is CCCCCCCCCCC/C=C\C/C=C\CCCCCCCCCCCCCCCCCC(=O)NC(COC1OC(CO)C(O)C(OS(=O)(=O)O)C1O)C(O)/C=C/CCCCCCCCCCCCCCCCCCCCCCCCC. The van der Waals surface area contributed by atoms with Gasteiger partial charge in [-0.25, -0.2) is 4.18 Å². The number of nitrogens with one attached hydrogen (secondary N) is 1. The summed E-state index contributed by atoms with van der Waals surface area (Å²) in [5, 5.41) is 45.2. The minimum atomic E-state index is -5.09. The molecule has 7 atom stereocenters. The Morgan fingerprint density at radius 1 is 0.482 bits per heavy atom. The first kappa shape index (κ1) is 79.3. The minimum absolute atomic E-state index is 0.257. The van der Waals surface area contributed by atoms with Gasteiger partial charge in [0.05, 0.1) is 25.4 Å². The average Bonchev–Trinajstić information content (AvgIpc) is 3.60. The average molecular weight is 1200 g/mol. The van der Waals surface area contributed by atoms with E-state index in [1.165, 1.54) is 276 Å². The Bertz CT molecular complexity index is 1590. The second kappa shape index (κ2) is 59.3. The zero-order chi connectivity index (χ0) is 60.4. The number of ether oxygens (including phenoxy) is 2. The molecule has 6 N–H and O–H groups in total. The lowest BCUT2D eigenvalue weighted by Crippen LogP contribution is -2.61. The monoisotopic (exact) mass is 1200 g/mol. The predicted molar refractivity (Wildman–Crippen MR) is 347 cm³/mol. The number of aliphatic hydroxyl groups excluding tert-OH is 4. The fraction of sp³-hybridized carbons (Fsp3) is 0.900. The van der Waals surface area contributed by atoms with Crippen molar-refractivity contribution in [2.45, 2.75) is 391 Å². The fourth-order valence-electron chi connectivity index (χ4n) is 11.5. The summed E-state index contributed by atoms with van der Waals surface area (Å²) in [6.07, 6.45) is 69.3. The molecule has 0 saturated carbocycles. The second-order valence-corrected chi connectivity index (χ2v) is 25.9. The lowest BCUT2D eigenvalue weighted by Gasteiger charge is -2.41. The van der Waals surface area contributed by atoms with Crippen LogP contribution in [0.25, 0.3) is 0 Å². The molecule has 12 nitrogen and oxygen atoms in total. The third-order valence-electron chi connectivity index (χ3n) is 16.9. The highest BCUT2D eigenvalue weighted by Crippen LogP contribution is 2.26. The van der Waals surface area contributed by atoms with Gasteiger partial charge < -0.3 is 35.2 Å². The van der Waals surface area contributed by atoms with E-state index in [9.17, 15) is 38.2 Å². The van der Waals surface area contributed by atoms with Crippen LogP contribution in [0.5, 0.6) is 0 Å². The van der Waals surface area contributed by atoms with Crippen LogP contribution in [0.1, 0.15) is 348 Å². The molecule has 0 aromatic heterocycles. The Morgan fingerprint density at radius 2 is 0.807 bits per heavy atom. The quantitative estimate of drug-likeness (QED) is 0.0193. The maximum atomic E-state index is 13.2. The number of amides is 1. The molecule has 1 aliphatic rings. The van der Waals surface area contributed by atoms with Crippen molar-refractivity contribution in [3.05, 3.63) is 36.5 Å². The smallest absolute Gasteiger partial charge is 0.394 e. The van der Waals surface area contributed by atoms with Crippen LogP contribution in [0.2, 0.25) is 0 Å². The van der Waals surface area contributed by atoms with E-state index in [1.807, 2.05) is 6.08 Å². The molecule has 1 heterocycles. The molecule has 1 amide bonds. The van der Waals surface area contributed by atoms with E-state index < -0.39 is 59.9 Å². The van der Waals surface area contributed by atoms with Gasteiger partial charge in [-0.3, -0.25) is 9.35 Å². The standard InChI is InChI=1S/C70H133NO11S/c1-3-5-7-9-11-13-15-17-19-21-23-25-27-29-30-31-32-33-34-36-38-40-42-44-46-48-50-52-54-56-58-60-66(74)71-63(62-80-70-68(76)69(82-83(77,78)79)67(75)65(61-72)81-70)64(73)59-57-55-53-51-49-47-45-43-41-39-37-35-28-26-24-22-20-18-16-14-12-10-8-6-4-2/h23,25,29-30,57,59,63-65,67-70,72-73,75-76H,3-22,24,26-28,31-56,58,60-62H2,1-2H3,(H,71,74)(H,77,78,79)/b25-23-,30-29-,59-57+. The van der Waals surface area contributed by atoms with E-state index in [-0.39, 0.29) is 18.9 Å². The van der Waals surface area contributed by atoms with E-state index in [0.29, 0.717) is 6.42 Å². The van der Waals surface area contributed by atoms with Crippen molar-refractivity contribution >= 4 is 16.3 Å². The van der Waals surface area contributed by atoms with Gasteiger partial charge in [0.15, 0.2) is 6.29 Å². The zero-order valence-electron chi connectivity index (χ0n) is 53.8. The van der Waals surface area contributed by atoms with Crippen LogP contribution < -0.4 is 5.32 Å². The third-order valence-corrected chi connectivity index (χ3v) is 17.4. The molecule has 0 bridgehead atoms. The van der Waals surface area contributed by atoms with Crippen molar-refractivity contribution in [3.63, 3.8) is 0 Å². The number of hydrogen-bond donors (Lipinski definition) is 6. The van der Waals surface area contributed by atoms with Gasteiger partial charge in [0.25, 0.3) is 0 Å². The maximum absolute atomic E-state index is 13.2.